The first-order valence-corrected chi connectivity index (χ1v) is 7.58. The molecule has 6 nitrogen and oxygen atoms in total. The fourth-order valence-electron chi connectivity index (χ4n) is 1.68. The Morgan fingerprint density at radius 2 is 1.45 bits per heavy atom. The number of anilines is 1. The lowest BCUT2D eigenvalue weighted by atomic mass is 10.3. The van der Waals surface area contributed by atoms with Crippen molar-refractivity contribution in [3.63, 3.8) is 0 Å². The number of carbonyl (C=O) groups excluding carboxylic acids is 2. The lowest BCUT2D eigenvalue weighted by Crippen LogP contribution is -2.26. The van der Waals surface area contributed by atoms with Crippen molar-refractivity contribution in [1.82, 2.24) is 0 Å². The number of methoxy groups -OCH3 is 1. The summed E-state index contributed by atoms with van der Waals surface area (Å²) in [5.41, 5.74) is 0.588. The highest BCUT2D eigenvalue weighted by Gasteiger charge is 2.20. The van der Waals surface area contributed by atoms with E-state index < -0.39 is 10.0 Å². The molecule has 0 fully saturated rings. The van der Waals surface area contributed by atoms with Crippen molar-refractivity contribution < 1.29 is 22.7 Å². The maximum Gasteiger partial charge on any atom is 0.373 e. The first-order chi connectivity index (χ1) is 10.5. The Morgan fingerprint density at radius 3 is 1.91 bits per heavy atom. The molecule has 22 heavy (non-hydrogen) atoms. The summed E-state index contributed by atoms with van der Waals surface area (Å²) < 4.78 is 31.1. The standard InChI is InChI=1S/C14H15NO3S.CO2/c1-15(12-8-10-13(18-2)11-9-12)19(16,17)14-6-4-3-5-7-14;2-1-3/h3-11H,1-2H3;. The van der Waals surface area contributed by atoms with Gasteiger partial charge in [-0.3, -0.25) is 4.31 Å². The molecule has 0 aliphatic rings. The fourth-order valence-corrected chi connectivity index (χ4v) is 2.90. The highest BCUT2D eigenvalue weighted by atomic mass is 32.2. The van der Waals surface area contributed by atoms with Crippen LogP contribution in [-0.2, 0) is 19.6 Å². The van der Waals surface area contributed by atoms with Crippen LogP contribution in [0, 0.1) is 0 Å². The van der Waals surface area contributed by atoms with Crippen LogP contribution in [0.25, 0.3) is 0 Å². The van der Waals surface area contributed by atoms with E-state index in [0.29, 0.717) is 11.4 Å². The molecular weight excluding hydrogens is 306 g/mol. The Kier molecular flexibility index (Phi) is 6.31. The molecule has 0 N–H and O–H groups in total. The van der Waals surface area contributed by atoms with Gasteiger partial charge in [-0.1, -0.05) is 18.2 Å². The summed E-state index contributed by atoms with van der Waals surface area (Å²) in [5, 5.41) is 0. The van der Waals surface area contributed by atoms with Crippen LogP contribution in [0.3, 0.4) is 0 Å². The van der Waals surface area contributed by atoms with Crippen LogP contribution in [0.2, 0.25) is 0 Å². The molecule has 0 saturated heterocycles. The van der Waals surface area contributed by atoms with Crippen molar-refractivity contribution in [2.75, 3.05) is 18.5 Å². The van der Waals surface area contributed by atoms with Crippen LogP contribution in [0.5, 0.6) is 5.75 Å². The topological polar surface area (TPSA) is 80.8 Å². The van der Waals surface area contributed by atoms with Gasteiger partial charge in [0.2, 0.25) is 0 Å². The molecule has 0 aliphatic carbocycles. The minimum atomic E-state index is -3.52. The quantitative estimate of drug-likeness (QED) is 0.859. The van der Waals surface area contributed by atoms with E-state index in [0.717, 1.165) is 0 Å². The normalized spacial score (nSPS) is 9.91. The van der Waals surface area contributed by atoms with Crippen molar-refractivity contribution in [3.05, 3.63) is 54.6 Å². The highest BCUT2D eigenvalue weighted by Crippen LogP contribution is 2.23. The summed E-state index contributed by atoms with van der Waals surface area (Å²) >= 11 is 0. The van der Waals surface area contributed by atoms with Crippen molar-refractivity contribution >= 4 is 21.9 Å². The van der Waals surface area contributed by atoms with Gasteiger partial charge in [-0.25, -0.2) is 8.42 Å². The van der Waals surface area contributed by atoms with Gasteiger partial charge in [0.05, 0.1) is 17.7 Å². The predicted octanol–water partition coefficient (Wildman–Crippen LogP) is 1.94. The van der Waals surface area contributed by atoms with E-state index in [-0.39, 0.29) is 11.0 Å². The van der Waals surface area contributed by atoms with Gasteiger partial charge in [-0.2, -0.15) is 9.59 Å². The molecule has 2 rings (SSSR count). The predicted molar refractivity (Wildman–Crippen MR) is 80.0 cm³/mol. The van der Waals surface area contributed by atoms with E-state index in [2.05, 4.69) is 0 Å². The third-order valence-corrected chi connectivity index (χ3v) is 4.64. The number of hydrogen-bond acceptors (Lipinski definition) is 5. The third kappa shape index (κ3) is 4.18. The Hall–Kier alpha value is -2.63. The third-order valence-electron chi connectivity index (χ3n) is 2.84. The number of sulfonamides is 1. The minimum Gasteiger partial charge on any atom is -0.497 e. The lowest BCUT2D eigenvalue weighted by molar-refractivity contribution is -0.191. The molecular formula is C15H15NO5S. The minimum absolute atomic E-state index is 0.250. The van der Waals surface area contributed by atoms with Crippen LogP contribution in [0.4, 0.5) is 5.69 Å². The maximum atomic E-state index is 12.4. The highest BCUT2D eigenvalue weighted by molar-refractivity contribution is 7.92. The molecule has 0 heterocycles. The number of hydrogen-bond donors (Lipinski definition) is 0. The molecule has 0 spiro atoms. The van der Waals surface area contributed by atoms with Gasteiger partial charge in [-0.15, -0.1) is 0 Å². The summed E-state index contributed by atoms with van der Waals surface area (Å²) in [6, 6.07) is 15.2. The average Bonchev–Trinajstić information content (AvgIpc) is 2.56. The summed E-state index contributed by atoms with van der Waals surface area (Å²) in [6.07, 6.45) is 0.250. The maximum absolute atomic E-state index is 12.4. The number of ether oxygens (including phenoxy) is 1. The van der Waals surface area contributed by atoms with E-state index in [1.165, 1.54) is 11.4 Å². The number of nitrogens with zero attached hydrogens (tertiary/aromatic N) is 1. The SMILES string of the molecule is COc1ccc(N(C)S(=O)(=O)c2ccccc2)cc1.O=C=O. The summed E-state index contributed by atoms with van der Waals surface area (Å²) in [7, 11) is -0.418. The first kappa shape index (κ1) is 17.4. The summed E-state index contributed by atoms with van der Waals surface area (Å²) in [5.74, 6) is 0.689. The Labute approximate surface area is 129 Å². The monoisotopic (exact) mass is 321 g/mol. The van der Waals surface area contributed by atoms with Crippen LogP contribution in [-0.4, -0.2) is 28.7 Å². The Balaban J connectivity index is 0.000000745. The number of benzene rings is 2. The molecule has 2 aromatic carbocycles. The van der Waals surface area contributed by atoms with Gasteiger partial charge in [0, 0.05) is 7.05 Å². The van der Waals surface area contributed by atoms with E-state index in [1.54, 1.807) is 61.7 Å². The van der Waals surface area contributed by atoms with Crippen molar-refractivity contribution in [2.24, 2.45) is 0 Å². The Morgan fingerprint density at radius 1 is 0.955 bits per heavy atom. The Bertz CT molecular complexity index is 720. The molecule has 0 saturated carbocycles. The molecule has 0 unspecified atom stereocenters. The van der Waals surface area contributed by atoms with Gasteiger partial charge in [0.15, 0.2) is 0 Å². The molecule has 0 bridgehead atoms. The van der Waals surface area contributed by atoms with Crippen LogP contribution in [0.1, 0.15) is 0 Å². The zero-order valence-electron chi connectivity index (χ0n) is 12.1. The van der Waals surface area contributed by atoms with E-state index in [9.17, 15) is 8.42 Å². The zero-order valence-corrected chi connectivity index (χ0v) is 12.9. The second-order valence-electron chi connectivity index (χ2n) is 4.07. The molecule has 0 aliphatic heterocycles. The van der Waals surface area contributed by atoms with E-state index in [1.807, 2.05) is 0 Å². The summed E-state index contributed by atoms with van der Waals surface area (Å²) in [6.45, 7) is 0. The zero-order chi connectivity index (χ0) is 16.6. The van der Waals surface area contributed by atoms with Gasteiger partial charge in [-0.05, 0) is 36.4 Å². The second-order valence-corrected chi connectivity index (χ2v) is 6.04. The van der Waals surface area contributed by atoms with Crippen LogP contribution in [0.15, 0.2) is 59.5 Å². The molecule has 7 heteroatoms. The van der Waals surface area contributed by atoms with Gasteiger partial charge in [0.1, 0.15) is 5.75 Å². The van der Waals surface area contributed by atoms with Gasteiger partial charge < -0.3 is 4.74 Å². The molecule has 0 atom stereocenters. The largest absolute Gasteiger partial charge is 0.497 e. The molecule has 116 valence electrons. The summed E-state index contributed by atoms with van der Waals surface area (Å²) in [4.78, 5) is 16.5. The van der Waals surface area contributed by atoms with E-state index in [4.69, 9.17) is 14.3 Å². The lowest BCUT2D eigenvalue weighted by Gasteiger charge is -2.19. The van der Waals surface area contributed by atoms with Crippen molar-refractivity contribution in [3.8, 4) is 5.75 Å². The molecule has 2 aromatic rings. The second kappa shape index (κ2) is 7.97. The fraction of sp³-hybridized carbons (Fsp3) is 0.133. The van der Waals surface area contributed by atoms with Gasteiger partial charge in [0.25, 0.3) is 10.0 Å². The average molecular weight is 321 g/mol. The molecule has 0 aromatic heterocycles. The first-order valence-electron chi connectivity index (χ1n) is 6.14. The van der Waals surface area contributed by atoms with Gasteiger partial charge >= 0.3 is 6.15 Å². The smallest absolute Gasteiger partial charge is 0.373 e. The van der Waals surface area contributed by atoms with E-state index >= 15 is 0 Å². The molecule has 0 radical (unpaired) electrons. The number of rotatable bonds is 4. The van der Waals surface area contributed by atoms with Crippen LogP contribution >= 0.6 is 0 Å². The van der Waals surface area contributed by atoms with Crippen LogP contribution < -0.4 is 9.04 Å². The van der Waals surface area contributed by atoms with Crippen molar-refractivity contribution in [1.29, 1.82) is 0 Å². The molecule has 0 amide bonds. The van der Waals surface area contributed by atoms with Crippen molar-refractivity contribution in [2.45, 2.75) is 4.90 Å².